The van der Waals surface area contributed by atoms with Crippen LogP contribution in [0.15, 0.2) is 73.6 Å². The molecule has 1 aliphatic rings. The average molecular weight is 511 g/mol. The maximum atomic E-state index is 12.7. The minimum Gasteiger partial charge on any atom is -0.475 e. The fraction of sp³-hybridized carbons (Fsp3) is 0.269. The average Bonchev–Trinajstić information content (AvgIpc) is 3.66. The van der Waals surface area contributed by atoms with Crippen molar-refractivity contribution < 1.29 is 9.53 Å². The number of carbonyl (C=O) groups excluding carboxylic acids is 1. The molecule has 0 bridgehead atoms. The zero-order valence-corrected chi connectivity index (χ0v) is 20.6. The molecule has 0 radical (unpaired) electrons. The number of benzene rings is 1. The molecule has 1 aliphatic heterocycles. The Balaban J connectivity index is 0.983. The number of amides is 1. The first-order chi connectivity index (χ1) is 18.7. The molecule has 0 atom stereocenters. The zero-order chi connectivity index (χ0) is 25.7. The molecule has 1 N–H and O–H groups in total. The van der Waals surface area contributed by atoms with Gasteiger partial charge in [0.25, 0.3) is 0 Å². The minimum atomic E-state index is -0.0406. The molecule has 12 nitrogen and oxygen atoms in total. The maximum absolute atomic E-state index is 12.7. The van der Waals surface area contributed by atoms with E-state index >= 15 is 0 Å². The number of nitrogens with zero attached hydrogens (tertiary/aromatic N) is 9. The predicted molar refractivity (Wildman–Crippen MR) is 139 cm³/mol. The molecule has 5 heterocycles. The largest absolute Gasteiger partial charge is 0.475 e. The van der Waals surface area contributed by atoms with Crippen LogP contribution in [0, 0.1) is 5.92 Å². The smallest absolute Gasteiger partial charge is 0.231 e. The Morgan fingerprint density at radius 2 is 1.87 bits per heavy atom. The topological polar surface area (TPSA) is 128 Å². The summed E-state index contributed by atoms with van der Waals surface area (Å²) < 4.78 is 9.30. The third kappa shape index (κ3) is 5.01. The van der Waals surface area contributed by atoms with Crippen LogP contribution in [0.4, 0.5) is 5.82 Å². The normalized spacial score (nSPS) is 14.1. The monoisotopic (exact) mass is 510 g/mol. The molecule has 4 aromatic heterocycles. The van der Waals surface area contributed by atoms with Gasteiger partial charge in [0, 0.05) is 49.1 Å². The molecule has 192 valence electrons. The number of piperidine rings is 1. The van der Waals surface area contributed by atoms with Gasteiger partial charge < -0.3 is 15.0 Å². The summed E-state index contributed by atoms with van der Waals surface area (Å²) in [5, 5.41) is 15.9. The molecule has 1 fully saturated rings. The van der Waals surface area contributed by atoms with Crippen molar-refractivity contribution in [2.24, 2.45) is 5.92 Å². The Labute approximate surface area is 218 Å². The fourth-order valence-electron chi connectivity index (χ4n) is 4.51. The summed E-state index contributed by atoms with van der Waals surface area (Å²) in [6.07, 6.45) is 8.33. The number of hydrogen-bond acceptors (Lipinski definition) is 9. The van der Waals surface area contributed by atoms with Crippen molar-refractivity contribution in [1.29, 1.82) is 0 Å². The maximum Gasteiger partial charge on any atom is 0.231 e. The summed E-state index contributed by atoms with van der Waals surface area (Å²) in [5.74, 6) is 2.71. The number of anilines is 1. The highest BCUT2D eigenvalue weighted by Crippen LogP contribution is 2.23. The van der Waals surface area contributed by atoms with E-state index in [1.54, 1.807) is 29.4 Å². The van der Waals surface area contributed by atoms with Crippen LogP contribution in [0.25, 0.3) is 22.9 Å². The number of carbonyl (C=O) groups is 1. The second-order valence-electron chi connectivity index (χ2n) is 8.94. The van der Waals surface area contributed by atoms with E-state index in [0.29, 0.717) is 30.5 Å². The van der Waals surface area contributed by atoms with Crippen LogP contribution in [0.2, 0.25) is 0 Å². The third-order valence-electron chi connectivity index (χ3n) is 6.52. The first kappa shape index (κ1) is 23.5. The second kappa shape index (κ2) is 10.6. The van der Waals surface area contributed by atoms with Crippen molar-refractivity contribution in [3.63, 3.8) is 0 Å². The van der Waals surface area contributed by atoms with Gasteiger partial charge in [0.2, 0.25) is 11.8 Å². The van der Waals surface area contributed by atoms with E-state index in [0.717, 1.165) is 43.1 Å². The highest BCUT2D eigenvalue weighted by Gasteiger charge is 2.25. The van der Waals surface area contributed by atoms with Gasteiger partial charge in [0.05, 0.1) is 6.54 Å². The molecular weight excluding hydrogens is 484 g/mol. The predicted octanol–water partition coefficient (Wildman–Crippen LogP) is 2.18. The summed E-state index contributed by atoms with van der Waals surface area (Å²) in [5.41, 5.74) is 1.55. The number of imidazole rings is 1. The quantitative estimate of drug-likeness (QED) is 0.312. The van der Waals surface area contributed by atoms with E-state index < -0.39 is 0 Å². The van der Waals surface area contributed by atoms with Gasteiger partial charge in [0.15, 0.2) is 11.5 Å². The number of fused-ring (bicyclic) bond motifs is 1. The molecular formula is C26H26N10O2. The van der Waals surface area contributed by atoms with E-state index in [1.165, 1.54) is 0 Å². The van der Waals surface area contributed by atoms with Crippen molar-refractivity contribution in [2.45, 2.75) is 12.8 Å². The SMILES string of the molecule is O=C(NCCOc1ccc2nnc(-c3ccccc3)n2n1)C1CCN(c2cc(-n3ccnc3)ncn2)CC1. The number of hydrogen-bond donors (Lipinski definition) is 1. The van der Waals surface area contributed by atoms with Gasteiger partial charge in [0.1, 0.15) is 30.9 Å². The van der Waals surface area contributed by atoms with E-state index in [2.05, 4.69) is 40.5 Å². The number of rotatable bonds is 8. The van der Waals surface area contributed by atoms with Crippen molar-refractivity contribution in [2.75, 3.05) is 31.1 Å². The van der Waals surface area contributed by atoms with Gasteiger partial charge >= 0.3 is 0 Å². The van der Waals surface area contributed by atoms with Crippen molar-refractivity contribution in [3.8, 4) is 23.1 Å². The molecule has 38 heavy (non-hydrogen) atoms. The molecule has 12 heteroatoms. The van der Waals surface area contributed by atoms with Crippen LogP contribution < -0.4 is 15.0 Å². The minimum absolute atomic E-state index is 0.0406. The molecule has 0 aliphatic carbocycles. The van der Waals surface area contributed by atoms with Gasteiger partial charge in [-0.15, -0.1) is 15.3 Å². The summed E-state index contributed by atoms with van der Waals surface area (Å²) >= 11 is 0. The summed E-state index contributed by atoms with van der Waals surface area (Å²) in [6.45, 7) is 2.21. The molecule has 5 aromatic rings. The number of nitrogens with one attached hydrogen (secondary N) is 1. The van der Waals surface area contributed by atoms with E-state index in [-0.39, 0.29) is 11.8 Å². The van der Waals surface area contributed by atoms with E-state index in [1.807, 2.05) is 53.2 Å². The molecule has 1 amide bonds. The first-order valence-electron chi connectivity index (χ1n) is 12.5. The molecule has 0 unspecified atom stereocenters. The standard InChI is InChI=1S/C26H26N10O2/c37-26(20-8-12-34(13-9-20)22-16-23(30-17-29-22)35-14-10-27-18-35)28-11-15-38-24-7-6-21-31-32-25(36(21)33-24)19-4-2-1-3-5-19/h1-7,10,14,16-18,20H,8-9,11-13,15H2,(H,28,37). The van der Waals surface area contributed by atoms with Crippen LogP contribution in [0.3, 0.4) is 0 Å². The summed E-state index contributed by atoms with van der Waals surface area (Å²) in [7, 11) is 0. The first-order valence-corrected chi connectivity index (χ1v) is 12.5. The lowest BCUT2D eigenvalue weighted by Crippen LogP contribution is -2.41. The van der Waals surface area contributed by atoms with Crippen molar-refractivity contribution in [1.82, 2.24) is 44.6 Å². The van der Waals surface area contributed by atoms with Gasteiger partial charge in [-0.25, -0.2) is 15.0 Å². The Morgan fingerprint density at radius 1 is 1.03 bits per heavy atom. The third-order valence-corrected chi connectivity index (χ3v) is 6.52. The van der Waals surface area contributed by atoms with Crippen LogP contribution in [-0.4, -0.2) is 71.5 Å². The van der Waals surface area contributed by atoms with Gasteiger partial charge in [-0.2, -0.15) is 4.52 Å². The van der Waals surface area contributed by atoms with Crippen molar-refractivity contribution >= 4 is 17.4 Å². The Hall–Kier alpha value is -4.87. The highest BCUT2D eigenvalue weighted by atomic mass is 16.5. The van der Waals surface area contributed by atoms with E-state index in [9.17, 15) is 4.79 Å². The number of ether oxygens (including phenoxy) is 1. The molecule has 1 saturated heterocycles. The molecule has 0 saturated carbocycles. The lowest BCUT2D eigenvalue weighted by molar-refractivity contribution is -0.125. The van der Waals surface area contributed by atoms with Gasteiger partial charge in [-0.05, 0) is 18.9 Å². The summed E-state index contributed by atoms with van der Waals surface area (Å²) in [4.78, 5) is 27.7. The Kier molecular flexibility index (Phi) is 6.58. The van der Waals surface area contributed by atoms with Crippen LogP contribution >= 0.6 is 0 Å². The lowest BCUT2D eigenvalue weighted by Gasteiger charge is -2.32. The Bertz CT molecular complexity index is 1510. The number of aromatic nitrogens is 8. The van der Waals surface area contributed by atoms with Crippen molar-refractivity contribution in [3.05, 3.63) is 73.6 Å². The Morgan fingerprint density at radius 3 is 2.68 bits per heavy atom. The zero-order valence-electron chi connectivity index (χ0n) is 20.6. The van der Waals surface area contributed by atoms with Gasteiger partial charge in [-0.1, -0.05) is 30.3 Å². The summed E-state index contributed by atoms with van der Waals surface area (Å²) in [6, 6.07) is 15.2. The van der Waals surface area contributed by atoms with Crippen LogP contribution in [0.5, 0.6) is 5.88 Å². The highest BCUT2D eigenvalue weighted by molar-refractivity contribution is 5.79. The van der Waals surface area contributed by atoms with Gasteiger partial charge in [-0.3, -0.25) is 9.36 Å². The second-order valence-corrected chi connectivity index (χ2v) is 8.94. The lowest BCUT2D eigenvalue weighted by atomic mass is 9.96. The van der Waals surface area contributed by atoms with E-state index in [4.69, 9.17) is 4.74 Å². The van der Waals surface area contributed by atoms with Crippen LogP contribution in [0.1, 0.15) is 12.8 Å². The van der Waals surface area contributed by atoms with Crippen LogP contribution in [-0.2, 0) is 4.79 Å². The molecule has 1 aromatic carbocycles. The molecule has 0 spiro atoms. The molecule has 6 rings (SSSR count). The fourth-order valence-corrected chi connectivity index (χ4v) is 4.51.